The van der Waals surface area contributed by atoms with E-state index in [-0.39, 0.29) is 22.0 Å². The summed E-state index contributed by atoms with van der Waals surface area (Å²) in [6, 6.07) is 19.1. The van der Waals surface area contributed by atoms with Gasteiger partial charge in [0.05, 0.1) is 0 Å². The van der Waals surface area contributed by atoms with Crippen molar-refractivity contribution in [2.45, 2.75) is 20.8 Å². The van der Waals surface area contributed by atoms with Crippen molar-refractivity contribution in [2.75, 3.05) is 10.2 Å². The number of para-hydroxylation sites is 1. The van der Waals surface area contributed by atoms with Crippen LogP contribution in [0.5, 0.6) is 0 Å². The first-order valence-corrected chi connectivity index (χ1v) is 13.6. The first-order chi connectivity index (χ1) is 15.5. The van der Waals surface area contributed by atoms with Gasteiger partial charge < -0.3 is 10.2 Å². The van der Waals surface area contributed by atoms with Crippen molar-refractivity contribution < 1.29 is 20.7 Å². The number of hydrogen-bond donors (Lipinski definition) is 1. The molecule has 170 valence electrons. The Labute approximate surface area is 206 Å². The number of pyridine rings is 1. The predicted molar refractivity (Wildman–Crippen MR) is 129 cm³/mol. The van der Waals surface area contributed by atoms with E-state index in [1.807, 2.05) is 59.6 Å². The van der Waals surface area contributed by atoms with Crippen molar-refractivity contribution in [1.29, 1.82) is 0 Å². The molecule has 1 aliphatic rings. The molecular formula is C24H24Cl2N4OPd. The third-order valence-electron chi connectivity index (χ3n) is 4.27. The number of urea groups is 1. The Morgan fingerprint density at radius 2 is 1.50 bits per heavy atom. The molecule has 8 heteroatoms. The van der Waals surface area contributed by atoms with Crippen LogP contribution in [0.1, 0.15) is 16.7 Å². The van der Waals surface area contributed by atoms with Gasteiger partial charge in [-0.15, -0.1) is 0 Å². The molecule has 2 radical (unpaired) electrons. The van der Waals surface area contributed by atoms with Gasteiger partial charge in [-0.2, -0.15) is 0 Å². The first kappa shape index (κ1) is 25.9. The van der Waals surface area contributed by atoms with Crippen molar-refractivity contribution in [3.63, 3.8) is 0 Å². The minimum Gasteiger partial charge on any atom is -0.265 e. The fraction of sp³-hybridized carbons (Fsp3) is 0.125. The number of rotatable bonds is 2. The molecule has 5 nitrogen and oxygen atoms in total. The number of nitrogens with one attached hydrogen (secondary N) is 1. The molecule has 4 rings (SSSR count). The van der Waals surface area contributed by atoms with E-state index in [4.69, 9.17) is 19.1 Å². The van der Waals surface area contributed by atoms with E-state index in [1.54, 1.807) is 18.6 Å². The van der Waals surface area contributed by atoms with Crippen LogP contribution in [0.2, 0.25) is 0 Å². The molecule has 0 aliphatic carbocycles. The van der Waals surface area contributed by atoms with Crippen LogP contribution >= 0.6 is 19.1 Å². The molecule has 0 spiro atoms. The number of halogens is 2. The Kier molecular flexibility index (Phi) is 11.3. The topological polar surface area (TPSA) is 48.5 Å². The van der Waals surface area contributed by atoms with Gasteiger partial charge in [0.1, 0.15) is 0 Å². The van der Waals surface area contributed by atoms with E-state index in [9.17, 15) is 4.79 Å². The van der Waals surface area contributed by atoms with E-state index in [0.29, 0.717) is 0 Å². The third kappa shape index (κ3) is 8.29. The van der Waals surface area contributed by atoms with Crippen molar-refractivity contribution in [2.24, 2.45) is 0 Å². The van der Waals surface area contributed by atoms with Gasteiger partial charge in [-0.1, -0.05) is 42.0 Å². The van der Waals surface area contributed by atoms with Crippen molar-refractivity contribution in [3.8, 4) is 0 Å². The molecule has 3 aromatic rings. The van der Waals surface area contributed by atoms with Gasteiger partial charge in [0.25, 0.3) is 0 Å². The average Bonchev–Trinajstić information content (AvgIpc) is 3.26. The summed E-state index contributed by atoms with van der Waals surface area (Å²) in [5.74, 6) is 0. The van der Waals surface area contributed by atoms with Crippen LogP contribution in [0.25, 0.3) is 0 Å². The molecule has 0 bridgehead atoms. The number of anilines is 2. The molecule has 32 heavy (non-hydrogen) atoms. The van der Waals surface area contributed by atoms with E-state index < -0.39 is 0 Å². The number of benzene rings is 2. The molecule has 1 N–H and O–H groups in total. The van der Waals surface area contributed by atoms with Crippen molar-refractivity contribution in [1.82, 2.24) is 9.88 Å². The van der Waals surface area contributed by atoms with E-state index in [1.165, 1.54) is 10.5 Å². The van der Waals surface area contributed by atoms with E-state index >= 15 is 0 Å². The molecule has 2 amide bonds. The summed E-state index contributed by atoms with van der Waals surface area (Å²) in [5.41, 5.74) is 5.36. The molecule has 2 heterocycles. The maximum absolute atomic E-state index is 12.3. The van der Waals surface area contributed by atoms with Crippen LogP contribution in [0.4, 0.5) is 16.2 Å². The van der Waals surface area contributed by atoms with Gasteiger partial charge >= 0.3 is 41.0 Å². The Bertz CT molecular complexity index is 954. The molecular weight excluding hydrogens is 538 g/mol. The Balaban J connectivity index is 0.000000339. The van der Waals surface area contributed by atoms with Gasteiger partial charge in [0, 0.05) is 36.2 Å². The maximum atomic E-state index is 12.3. The Morgan fingerprint density at radius 1 is 0.938 bits per heavy atom. The van der Waals surface area contributed by atoms with Gasteiger partial charge in [-0.05, 0) is 56.2 Å². The zero-order valence-corrected chi connectivity index (χ0v) is 21.0. The average molecular weight is 562 g/mol. The van der Waals surface area contributed by atoms with Crippen LogP contribution in [-0.4, -0.2) is 15.9 Å². The Hall–Kier alpha value is -2.36. The number of carbonyl (C=O) groups excluding carboxylic acids is 1. The number of nitrogens with zero attached hydrogens (tertiary/aromatic N) is 3. The first-order valence-electron chi connectivity index (χ1n) is 9.60. The Morgan fingerprint density at radius 3 is 2.00 bits per heavy atom. The fourth-order valence-corrected chi connectivity index (χ4v) is 3.12. The van der Waals surface area contributed by atoms with Crippen molar-refractivity contribution in [3.05, 3.63) is 109 Å². The standard InChI is InChI=1S/C19H19N3O.C5H5N.2ClH.Pd/c1-14-11-15(2)18(16(3)12-14)21-9-10-22(13-21)19(23)20-17-7-5-4-6-8-17;1-2-4-6-5-3-1;;;/h4-12H,1-3H3,(H,20,23);1-5H;2*1H;/q;;;;+2/p-2. The third-order valence-corrected chi connectivity index (χ3v) is 4.27. The number of carbonyl (C=O) groups is 1. The number of aryl methyl sites for hydroxylation is 3. The number of aromatic nitrogens is 1. The second-order valence-electron chi connectivity index (χ2n) is 6.75. The van der Waals surface area contributed by atoms with Crippen LogP contribution in [0.3, 0.4) is 0 Å². The molecule has 0 atom stereocenters. The molecule has 0 saturated heterocycles. The molecule has 0 unspecified atom stereocenters. The zero-order valence-electron chi connectivity index (χ0n) is 17.9. The normalized spacial score (nSPS) is 11.9. The second kappa shape index (κ2) is 13.9. The fourth-order valence-electron chi connectivity index (χ4n) is 3.12. The van der Waals surface area contributed by atoms with Gasteiger partial charge in [-0.25, -0.2) is 4.79 Å². The molecule has 1 aromatic heterocycles. The monoisotopic (exact) mass is 560 g/mol. The maximum Gasteiger partial charge on any atom is 0.0267 e. The quantitative estimate of drug-likeness (QED) is 0.347. The molecule has 0 saturated carbocycles. The van der Waals surface area contributed by atoms with Crippen LogP contribution in [0.15, 0.2) is 85.5 Å². The van der Waals surface area contributed by atoms with E-state index in [2.05, 4.69) is 49.9 Å². The van der Waals surface area contributed by atoms with Crippen LogP contribution in [-0.2, 0) is 15.9 Å². The molecule has 0 fully saturated rings. The van der Waals surface area contributed by atoms with Crippen LogP contribution < -0.4 is 10.2 Å². The second-order valence-corrected chi connectivity index (χ2v) is 9.11. The van der Waals surface area contributed by atoms with Gasteiger partial charge in [0.2, 0.25) is 6.67 Å². The SMILES string of the molecule is Cc1cc(C)c(N2[C]N(C(=O)Nc3ccccc3)C=C2)c(C)c1.[Cl][Pd][Cl].c1ccncc1. The van der Waals surface area contributed by atoms with Gasteiger partial charge in [0.15, 0.2) is 0 Å². The van der Waals surface area contributed by atoms with Crippen LogP contribution in [0, 0.1) is 27.4 Å². The summed E-state index contributed by atoms with van der Waals surface area (Å²) in [6.07, 6.45) is 7.05. The summed E-state index contributed by atoms with van der Waals surface area (Å²) >= 11 is -0.106. The summed E-state index contributed by atoms with van der Waals surface area (Å²) in [5, 5.41) is 2.84. The summed E-state index contributed by atoms with van der Waals surface area (Å²) in [7, 11) is 9.63. The zero-order chi connectivity index (χ0) is 23.3. The van der Waals surface area contributed by atoms with Gasteiger partial charge in [-0.3, -0.25) is 9.88 Å². The summed E-state index contributed by atoms with van der Waals surface area (Å²) < 4.78 is 0. The minimum absolute atomic E-state index is 0.106. The minimum atomic E-state index is -0.239. The molecule has 2 aromatic carbocycles. The number of hydrogen-bond acceptors (Lipinski definition) is 3. The largest absolute Gasteiger partial charge is 0.265 e. The smallest absolute Gasteiger partial charge is 0.0267 e. The van der Waals surface area contributed by atoms with Crippen molar-refractivity contribution >= 4 is 36.5 Å². The molecule has 1 aliphatic heterocycles. The summed E-state index contributed by atoms with van der Waals surface area (Å²) in [6.45, 7) is 9.29. The summed E-state index contributed by atoms with van der Waals surface area (Å²) in [4.78, 5) is 19.4. The predicted octanol–water partition coefficient (Wildman–Crippen LogP) is 6.89. The number of amides is 2. The van der Waals surface area contributed by atoms with E-state index in [0.717, 1.165) is 22.5 Å².